The van der Waals surface area contributed by atoms with Crippen molar-refractivity contribution in [3.8, 4) is 0 Å². The normalized spacial score (nSPS) is 14.4. The minimum absolute atomic E-state index is 0.250. The smallest absolute Gasteiger partial charge is 0.222 e. The summed E-state index contributed by atoms with van der Waals surface area (Å²) in [5.74, 6) is 1.84. The van der Waals surface area contributed by atoms with Crippen LogP contribution in [-0.2, 0) is 29.2 Å². The van der Waals surface area contributed by atoms with Crippen molar-refractivity contribution >= 4 is 11.9 Å². The molecule has 3 rings (SSSR count). The highest BCUT2D eigenvalue weighted by atomic mass is 16.5. The SMILES string of the molecule is CN=C(NCCCOCc1ccco1)NCc1ccccc1CN1CCCC1=O. The number of nitrogens with one attached hydrogen (secondary N) is 2. The van der Waals surface area contributed by atoms with Crippen molar-refractivity contribution in [2.45, 2.75) is 39.0 Å². The lowest BCUT2D eigenvalue weighted by atomic mass is 10.1. The number of carbonyl (C=O) groups is 1. The summed E-state index contributed by atoms with van der Waals surface area (Å²) < 4.78 is 10.8. The Morgan fingerprint density at radius 1 is 1.21 bits per heavy atom. The minimum Gasteiger partial charge on any atom is -0.467 e. The monoisotopic (exact) mass is 398 g/mol. The van der Waals surface area contributed by atoms with E-state index in [4.69, 9.17) is 9.15 Å². The number of nitrogens with zero attached hydrogens (tertiary/aromatic N) is 2. The summed E-state index contributed by atoms with van der Waals surface area (Å²) in [7, 11) is 1.76. The second-order valence-electron chi connectivity index (χ2n) is 7.03. The Kier molecular flexibility index (Phi) is 8.12. The molecular formula is C22H30N4O3. The molecule has 0 spiro atoms. The van der Waals surface area contributed by atoms with Gasteiger partial charge in [-0.15, -0.1) is 0 Å². The molecule has 29 heavy (non-hydrogen) atoms. The molecule has 7 heteroatoms. The fraction of sp³-hybridized carbons (Fsp3) is 0.455. The van der Waals surface area contributed by atoms with Crippen molar-refractivity contribution < 1.29 is 13.9 Å². The summed E-state index contributed by atoms with van der Waals surface area (Å²) in [5, 5.41) is 6.66. The van der Waals surface area contributed by atoms with Crippen LogP contribution in [-0.4, -0.2) is 43.5 Å². The summed E-state index contributed by atoms with van der Waals surface area (Å²) in [6.07, 6.45) is 4.15. The average molecular weight is 399 g/mol. The van der Waals surface area contributed by atoms with Gasteiger partial charge in [-0.3, -0.25) is 9.79 Å². The first-order chi connectivity index (χ1) is 14.3. The van der Waals surface area contributed by atoms with Crippen LogP contribution in [0.3, 0.4) is 0 Å². The van der Waals surface area contributed by atoms with Gasteiger partial charge >= 0.3 is 0 Å². The van der Waals surface area contributed by atoms with Crippen LogP contribution in [0.2, 0.25) is 0 Å². The summed E-state index contributed by atoms with van der Waals surface area (Å²) >= 11 is 0. The van der Waals surface area contributed by atoms with Crippen LogP contribution in [0.4, 0.5) is 0 Å². The first-order valence-corrected chi connectivity index (χ1v) is 10.2. The van der Waals surface area contributed by atoms with E-state index >= 15 is 0 Å². The maximum atomic E-state index is 11.9. The van der Waals surface area contributed by atoms with Crippen molar-refractivity contribution in [2.24, 2.45) is 4.99 Å². The summed E-state index contributed by atoms with van der Waals surface area (Å²) in [6, 6.07) is 12.0. The van der Waals surface area contributed by atoms with Gasteiger partial charge in [-0.1, -0.05) is 24.3 Å². The molecule has 0 saturated carbocycles. The van der Waals surface area contributed by atoms with Crippen molar-refractivity contribution in [1.29, 1.82) is 0 Å². The fourth-order valence-corrected chi connectivity index (χ4v) is 3.31. The molecule has 0 unspecified atom stereocenters. The number of carbonyl (C=O) groups excluding carboxylic acids is 1. The molecule has 0 radical (unpaired) electrons. The zero-order valence-corrected chi connectivity index (χ0v) is 17.0. The molecule has 1 aliphatic heterocycles. The molecule has 2 N–H and O–H groups in total. The zero-order chi connectivity index (χ0) is 20.3. The molecule has 1 aliphatic rings. The van der Waals surface area contributed by atoms with Gasteiger partial charge in [0.1, 0.15) is 12.4 Å². The van der Waals surface area contributed by atoms with Crippen LogP contribution in [0.5, 0.6) is 0 Å². The molecule has 2 aromatic rings. The predicted octanol–water partition coefficient (Wildman–Crippen LogP) is 2.67. The van der Waals surface area contributed by atoms with E-state index in [1.54, 1.807) is 13.3 Å². The van der Waals surface area contributed by atoms with Gasteiger partial charge < -0.3 is 24.7 Å². The van der Waals surface area contributed by atoms with Crippen molar-refractivity contribution in [1.82, 2.24) is 15.5 Å². The zero-order valence-electron chi connectivity index (χ0n) is 17.0. The second kappa shape index (κ2) is 11.3. The molecule has 1 aromatic heterocycles. The third-order valence-electron chi connectivity index (χ3n) is 4.90. The van der Waals surface area contributed by atoms with Gasteiger partial charge in [-0.2, -0.15) is 0 Å². The number of guanidine groups is 1. The number of furan rings is 1. The van der Waals surface area contributed by atoms with Crippen LogP contribution >= 0.6 is 0 Å². The minimum atomic E-state index is 0.250. The maximum absolute atomic E-state index is 11.9. The van der Waals surface area contributed by atoms with Gasteiger partial charge in [0.2, 0.25) is 5.91 Å². The van der Waals surface area contributed by atoms with E-state index in [1.807, 2.05) is 29.2 Å². The Balaban J connectivity index is 1.38. The first kappa shape index (κ1) is 20.9. The largest absolute Gasteiger partial charge is 0.467 e. The van der Waals surface area contributed by atoms with E-state index < -0.39 is 0 Å². The Labute approximate surface area is 172 Å². The van der Waals surface area contributed by atoms with Crippen molar-refractivity contribution in [3.05, 3.63) is 59.5 Å². The van der Waals surface area contributed by atoms with E-state index in [0.29, 0.717) is 32.7 Å². The van der Waals surface area contributed by atoms with Crippen LogP contribution in [0.1, 0.15) is 36.1 Å². The molecule has 1 fully saturated rings. The van der Waals surface area contributed by atoms with Gasteiger partial charge in [0.15, 0.2) is 5.96 Å². The number of amides is 1. The number of rotatable bonds is 10. The van der Waals surface area contributed by atoms with Crippen molar-refractivity contribution in [3.63, 3.8) is 0 Å². The Bertz CT molecular complexity index is 789. The third-order valence-corrected chi connectivity index (χ3v) is 4.90. The molecule has 1 amide bonds. The van der Waals surface area contributed by atoms with Crippen LogP contribution in [0, 0.1) is 0 Å². The topological polar surface area (TPSA) is 79.1 Å². The Morgan fingerprint density at radius 3 is 2.79 bits per heavy atom. The van der Waals surface area contributed by atoms with Crippen LogP contribution in [0.15, 0.2) is 52.1 Å². The molecule has 0 aliphatic carbocycles. The molecule has 0 bridgehead atoms. The van der Waals surface area contributed by atoms with E-state index in [2.05, 4.69) is 27.8 Å². The highest BCUT2D eigenvalue weighted by Gasteiger charge is 2.20. The number of benzene rings is 1. The van der Waals surface area contributed by atoms with E-state index in [9.17, 15) is 4.79 Å². The second-order valence-corrected chi connectivity index (χ2v) is 7.03. The molecule has 1 saturated heterocycles. The lowest BCUT2D eigenvalue weighted by molar-refractivity contribution is -0.128. The van der Waals surface area contributed by atoms with Gasteiger partial charge in [0.25, 0.3) is 0 Å². The third kappa shape index (κ3) is 6.64. The van der Waals surface area contributed by atoms with Crippen LogP contribution < -0.4 is 10.6 Å². The highest BCUT2D eigenvalue weighted by molar-refractivity contribution is 5.79. The average Bonchev–Trinajstić information content (AvgIpc) is 3.40. The Morgan fingerprint density at radius 2 is 2.07 bits per heavy atom. The highest BCUT2D eigenvalue weighted by Crippen LogP contribution is 2.17. The molecular weight excluding hydrogens is 368 g/mol. The number of likely N-dealkylation sites (tertiary alicyclic amines) is 1. The summed E-state index contributed by atoms with van der Waals surface area (Å²) in [5.41, 5.74) is 2.36. The Hall–Kier alpha value is -2.80. The number of hydrogen-bond acceptors (Lipinski definition) is 4. The number of ether oxygens (including phenoxy) is 1. The lowest BCUT2D eigenvalue weighted by Crippen LogP contribution is -2.38. The molecule has 156 valence electrons. The number of hydrogen-bond donors (Lipinski definition) is 2. The molecule has 0 atom stereocenters. The van der Waals surface area contributed by atoms with Gasteiger partial charge in [-0.25, -0.2) is 0 Å². The molecule has 7 nitrogen and oxygen atoms in total. The summed E-state index contributed by atoms with van der Waals surface area (Å²) in [6.45, 7) is 4.10. The quantitative estimate of drug-likeness (QED) is 0.365. The van der Waals surface area contributed by atoms with Crippen LogP contribution in [0.25, 0.3) is 0 Å². The lowest BCUT2D eigenvalue weighted by Gasteiger charge is -2.19. The predicted molar refractivity (Wildman–Crippen MR) is 112 cm³/mol. The standard InChI is InChI=1S/C22H30N4O3/c1-23-22(24-11-6-13-28-17-20-9-5-14-29-20)25-15-18-7-2-3-8-19(18)16-26-12-4-10-21(26)27/h2-3,5,7-9,14H,4,6,10-13,15-17H2,1H3,(H2,23,24,25). The van der Waals surface area contributed by atoms with Gasteiger partial charge in [0, 0.05) is 46.3 Å². The van der Waals surface area contributed by atoms with E-state index in [0.717, 1.165) is 37.7 Å². The van der Waals surface area contributed by atoms with E-state index in [1.165, 1.54) is 11.1 Å². The first-order valence-electron chi connectivity index (χ1n) is 10.2. The summed E-state index contributed by atoms with van der Waals surface area (Å²) in [4.78, 5) is 18.1. The maximum Gasteiger partial charge on any atom is 0.222 e. The fourth-order valence-electron chi connectivity index (χ4n) is 3.31. The molecule has 2 heterocycles. The number of aliphatic imine (C=N–C) groups is 1. The molecule has 1 aromatic carbocycles. The van der Waals surface area contributed by atoms with E-state index in [-0.39, 0.29) is 5.91 Å². The van der Waals surface area contributed by atoms with Gasteiger partial charge in [-0.05, 0) is 36.1 Å². The van der Waals surface area contributed by atoms with Crippen molar-refractivity contribution in [2.75, 3.05) is 26.7 Å². The van der Waals surface area contributed by atoms with Gasteiger partial charge in [0.05, 0.1) is 6.26 Å².